The number of hydrazine groups is 2. The molecule has 8 nitrogen and oxygen atoms in total. The molecule has 4 amide bonds. The summed E-state index contributed by atoms with van der Waals surface area (Å²) in [7, 11) is 0. The van der Waals surface area contributed by atoms with Crippen molar-refractivity contribution in [3.63, 3.8) is 0 Å². The Bertz CT molecular complexity index is 340. The molecule has 0 saturated carbocycles. The predicted molar refractivity (Wildman–Crippen MR) is 59.1 cm³/mol. The first-order valence-electron chi connectivity index (χ1n) is 4.31. The number of anilines is 2. The summed E-state index contributed by atoms with van der Waals surface area (Å²) in [5.74, 6) is 9.78. The first-order valence-corrected chi connectivity index (χ1v) is 4.31. The lowest BCUT2D eigenvalue weighted by molar-refractivity contribution is 0.251. The molecule has 0 spiro atoms. The minimum atomic E-state index is -0.527. The van der Waals surface area contributed by atoms with Gasteiger partial charge in [-0.3, -0.25) is 10.9 Å². The molecule has 0 atom stereocenters. The fourth-order valence-electron chi connectivity index (χ4n) is 0.971. The van der Waals surface area contributed by atoms with E-state index in [1.54, 1.807) is 24.3 Å². The van der Waals surface area contributed by atoms with E-state index < -0.39 is 12.1 Å². The van der Waals surface area contributed by atoms with Crippen molar-refractivity contribution in [2.24, 2.45) is 11.7 Å². The van der Waals surface area contributed by atoms with Crippen LogP contribution in [0.15, 0.2) is 24.3 Å². The first kappa shape index (κ1) is 11.8. The van der Waals surface area contributed by atoms with Crippen molar-refractivity contribution in [2.45, 2.75) is 0 Å². The summed E-state index contributed by atoms with van der Waals surface area (Å²) in [4.78, 5) is 21.7. The van der Waals surface area contributed by atoms with Crippen molar-refractivity contribution < 1.29 is 9.59 Å². The summed E-state index contributed by atoms with van der Waals surface area (Å²) in [6, 6.07) is 5.34. The number of hydrogen-bond acceptors (Lipinski definition) is 4. The molecule has 0 aromatic heterocycles. The lowest BCUT2D eigenvalue weighted by Gasteiger charge is -2.06. The largest absolute Gasteiger partial charge is 0.333 e. The Hall–Kier alpha value is -2.32. The highest BCUT2D eigenvalue weighted by atomic mass is 16.2. The predicted octanol–water partition coefficient (Wildman–Crippen LogP) is -0.323. The average molecular weight is 224 g/mol. The van der Waals surface area contributed by atoms with E-state index in [9.17, 15) is 9.59 Å². The summed E-state index contributed by atoms with van der Waals surface area (Å²) in [5, 5.41) is 4.92. The Morgan fingerprint density at radius 3 is 1.38 bits per heavy atom. The van der Waals surface area contributed by atoms with Crippen LogP contribution in [0.5, 0.6) is 0 Å². The third kappa shape index (κ3) is 3.44. The van der Waals surface area contributed by atoms with Gasteiger partial charge in [0, 0.05) is 11.4 Å². The normalized spacial score (nSPS) is 9.12. The van der Waals surface area contributed by atoms with Crippen molar-refractivity contribution in [1.82, 2.24) is 10.9 Å². The maximum atomic E-state index is 10.8. The third-order valence-corrected chi connectivity index (χ3v) is 1.66. The molecule has 0 saturated heterocycles. The van der Waals surface area contributed by atoms with Crippen molar-refractivity contribution in [3.8, 4) is 0 Å². The van der Waals surface area contributed by atoms with E-state index in [0.717, 1.165) is 0 Å². The molecule has 0 unspecified atom stereocenters. The number of rotatable bonds is 2. The number of carbonyl (C=O) groups is 2. The highest BCUT2D eigenvalue weighted by molar-refractivity contribution is 5.91. The van der Waals surface area contributed by atoms with Gasteiger partial charge in [-0.1, -0.05) is 0 Å². The second kappa shape index (κ2) is 5.53. The van der Waals surface area contributed by atoms with E-state index in [4.69, 9.17) is 11.7 Å². The lowest BCUT2D eigenvalue weighted by atomic mass is 10.3. The van der Waals surface area contributed by atoms with E-state index in [2.05, 4.69) is 10.6 Å². The molecular weight excluding hydrogens is 212 g/mol. The van der Waals surface area contributed by atoms with Gasteiger partial charge in [0.2, 0.25) is 0 Å². The van der Waals surface area contributed by atoms with Crippen molar-refractivity contribution in [2.75, 3.05) is 10.6 Å². The molecule has 8 N–H and O–H groups in total. The fourth-order valence-corrected chi connectivity index (χ4v) is 0.971. The van der Waals surface area contributed by atoms with Gasteiger partial charge in [-0.2, -0.15) is 0 Å². The minimum Gasteiger partial charge on any atom is -0.307 e. The molecule has 0 aliphatic heterocycles. The Balaban J connectivity index is 2.60. The van der Waals surface area contributed by atoms with E-state index in [-0.39, 0.29) is 0 Å². The smallest absolute Gasteiger partial charge is 0.307 e. The fraction of sp³-hybridized carbons (Fsp3) is 0. The lowest BCUT2D eigenvalue weighted by Crippen LogP contribution is -2.34. The molecule has 0 heterocycles. The summed E-state index contributed by atoms with van der Waals surface area (Å²) in [5.41, 5.74) is 4.93. The van der Waals surface area contributed by atoms with Crippen LogP contribution in [-0.2, 0) is 0 Å². The molecular formula is C8H12N6O2. The topological polar surface area (TPSA) is 134 Å². The molecule has 0 bridgehead atoms. The number of nitrogens with one attached hydrogen (secondary N) is 4. The maximum Gasteiger partial charge on any atom is 0.333 e. The Morgan fingerprint density at radius 2 is 1.12 bits per heavy atom. The quantitative estimate of drug-likeness (QED) is 0.233. The van der Waals surface area contributed by atoms with Crippen LogP contribution in [-0.4, -0.2) is 12.1 Å². The molecule has 1 aromatic carbocycles. The van der Waals surface area contributed by atoms with Gasteiger partial charge in [-0.05, 0) is 24.3 Å². The van der Waals surface area contributed by atoms with Crippen LogP contribution in [0.1, 0.15) is 0 Å². The van der Waals surface area contributed by atoms with E-state index in [1.165, 1.54) is 0 Å². The van der Waals surface area contributed by atoms with Gasteiger partial charge in [0.05, 0.1) is 0 Å². The first-order chi connectivity index (χ1) is 7.65. The zero-order valence-corrected chi connectivity index (χ0v) is 8.28. The second-order valence-electron chi connectivity index (χ2n) is 2.77. The number of urea groups is 2. The van der Waals surface area contributed by atoms with Crippen LogP contribution in [0, 0.1) is 0 Å². The van der Waals surface area contributed by atoms with Crippen molar-refractivity contribution in [1.29, 1.82) is 0 Å². The minimum absolute atomic E-state index is 0.527. The van der Waals surface area contributed by atoms with Gasteiger partial charge in [0.15, 0.2) is 0 Å². The summed E-state index contributed by atoms with van der Waals surface area (Å²) in [6.45, 7) is 0. The van der Waals surface area contributed by atoms with Gasteiger partial charge in [0.25, 0.3) is 0 Å². The number of carbonyl (C=O) groups excluding carboxylic acids is 2. The van der Waals surface area contributed by atoms with Crippen LogP contribution >= 0.6 is 0 Å². The Labute approximate surface area is 91.3 Å². The molecule has 8 heteroatoms. The zero-order chi connectivity index (χ0) is 12.0. The second-order valence-corrected chi connectivity index (χ2v) is 2.77. The van der Waals surface area contributed by atoms with Crippen LogP contribution in [0.4, 0.5) is 21.0 Å². The molecule has 0 radical (unpaired) electrons. The third-order valence-electron chi connectivity index (χ3n) is 1.66. The summed E-state index contributed by atoms with van der Waals surface area (Å²) >= 11 is 0. The molecule has 1 rings (SSSR count). The van der Waals surface area contributed by atoms with Crippen LogP contribution < -0.4 is 33.2 Å². The van der Waals surface area contributed by atoms with Gasteiger partial charge in [0.1, 0.15) is 0 Å². The van der Waals surface area contributed by atoms with Crippen LogP contribution in [0.25, 0.3) is 0 Å². The van der Waals surface area contributed by atoms with Gasteiger partial charge < -0.3 is 10.6 Å². The maximum absolute atomic E-state index is 10.8. The summed E-state index contributed by atoms with van der Waals surface area (Å²) < 4.78 is 0. The van der Waals surface area contributed by atoms with Gasteiger partial charge >= 0.3 is 12.1 Å². The monoisotopic (exact) mass is 224 g/mol. The van der Waals surface area contributed by atoms with Crippen molar-refractivity contribution in [3.05, 3.63) is 24.3 Å². The van der Waals surface area contributed by atoms with Gasteiger partial charge in [-0.15, -0.1) is 0 Å². The molecule has 0 aliphatic carbocycles. The average Bonchev–Trinajstić information content (AvgIpc) is 2.31. The number of nitrogens with two attached hydrogens (primary N) is 2. The molecule has 0 fully saturated rings. The summed E-state index contributed by atoms with van der Waals surface area (Å²) in [6.07, 6.45) is 0. The van der Waals surface area contributed by atoms with E-state index >= 15 is 0 Å². The number of amides is 4. The van der Waals surface area contributed by atoms with Crippen LogP contribution in [0.3, 0.4) is 0 Å². The van der Waals surface area contributed by atoms with E-state index in [1.807, 2.05) is 10.9 Å². The van der Waals surface area contributed by atoms with Crippen LogP contribution in [0.2, 0.25) is 0 Å². The SMILES string of the molecule is NNC(=O)Nc1ccc(NC(=O)NN)cc1. The number of benzene rings is 1. The van der Waals surface area contributed by atoms with Gasteiger partial charge in [-0.25, -0.2) is 21.3 Å². The standard InChI is InChI=1S/C8H12N6O2/c9-13-7(15)11-5-1-2-6(4-3-5)12-8(16)14-10/h1-4H,9-10H2,(H2,11,13,15)(H2,12,14,16). The highest BCUT2D eigenvalue weighted by Gasteiger charge is 2.00. The number of hydrogen-bond donors (Lipinski definition) is 6. The molecule has 16 heavy (non-hydrogen) atoms. The molecule has 86 valence electrons. The van der Waals surface area contributed by atoms with Crippen molar-refractivity contribution >= 4 is 23.4 Å². The zero-order valence-electron chi connectivity index (χ0n) is 8.28. The molecule has 0 aliphatic rings. The Morgan fingerprint density at radius 1 is 0.812 bits per heavy atom. The highest BCUT2D eigenvalue weighted by Crippen LogP contribution is 2.12. The Kier molecular flexibility index (Phi) is 4.07. The van der Waals surface area contributed by atoms with E-state index in [0.29, 0.717) is 11.4 Å². The molecule has 1 aromatic rings.